The number of halogens is 1. The van der Waals surface area contributed by atoms with Gasteiger partial charge in [0.1, 0.15) is 22.3 Å². The van der Waals surface area contributed by atoms with Gasteiger partial charge in [-0.3, -0.25) is 0 Å². The van der Waals surface area contributed by atoms with Crippen molar-refractivity contribution >= 4 is 27.7 Å². The molecule has 1 N–H and O–H groups in total. The van der Waals surface area contributed by atoms with Crippen LogP contribution in [0.3, 0.4) is 0 Å². The number of nitro groups is 1. The summed E-state index contributed by atoms with van der Waals surface area (Å²) in [6, 6.07) is 1.31. The van der Waals surface area contributed by atoms with Gasteiger partial charge in [0, 0.05) is 0 Å². The van der Waals surface area contributed by atoms with Crippen molar-refractivity contribution in [2.75, 3.05) is 0 Å². The van der Waals surface area contributed by atoms with Crippen LogP contribution < -0.4 is 0 Å². The average Bonchev–Trinajstić information content (AvgIpc) is 2.85. The summed E-state index contributed by atoms with van der Waals surface area (Å²) in [4.78, 5) is 20.8. The Hall–Kier alpha value is -2.16. The molecule has 0 saturated heterocycles. The van der Waals surface area contributed by atoms with Crippen LogP contribution in [0.25, 0.3) is 0 Å². The van der Waals surface area contributed by atoms with Crippen LogP contribution in [-0.2, 0) is 6.54 Å². The van der Waals surface area contributed by atoms with Crippen molar-refractivity contribution in [3.63, 3.8) is 0 Å². The minimum atomic E-state index is -1.13. The van der Waals surface area contributed by atoms with E-state index in [1.54, 1.807) is 0 Å². The number of nitrogens with zero attached hydrogens (tertiary/aromatic N) is 3. The van der Waals surface area contributed by atoms with Crippen LogP contribution in [0.4, 0.5) is 5.82 Å². The van der Waals surface area contributed by atoms with E-state index < -0.39 is 10.9 Å². The van der Waals surface area contributed by atoms with Gasteiger partial charge < -0.3 is 19.6 Å². The summed E-state index contributed by atoms with van der Waals surface area (Å²) in [5.74, 6) is -1.29. The highest BCUT2D eigenvalue weighted by molar-refractivity contribution is 9.10. The van der Waals surface area contributed by atoms with E-state index in [2.05, 4.69) is 21.0 Å². The van der Waals surface area contributed by atoms with Gasteiger partial charge in [0.25, 0.3) is 0 Å². The Balaban J connectivity index is 2.29. The predicted octanol–water partition coefficient (Wildman–Crippen LogP) is 1.89. The van der Waals surface area contributed by atoms with E-state index in [1.165, 1.54) is 23.2 Å². The van der Waals surface area contributed by atoms with E-state index in [4.69, 9.17) is 9.52 Å². The fourth-order valence-electron chi connectivity index (χ4n) is 1.39. The van der Waals surface area contributed by atoms with Gasteiger partial charge >= 0.3 is 11.8 Å². The molecule has 2 aromatic heterocycles. The maximum Gasteiger partial charge on any atom is 0.404 e. The average molecular weight is 316 g/mol. The topological polar surface area (TPSA) is 111 Å². The summed E-state index contributed by atoms with van der Waals surface area (Å²) in [5, 5.41) is 23.2. The fourth-order valence-corrected chi connectivity index (χ4v) is 1.85. The molecule has 0 spiro atoms. The minimum absolute atomic E-state index is 0.00106. The molecule has 0 atom stereocenters. The predicted molar refractivity (Wildman–Crippen MR) is 61.4 cm³/mol. The molecule has 0 fully saturated rings. The van der Waals surface area contributed by atoms with Gasteiger partial charge in [0.15, 0.2) is 0 Å². The first-order chi connectivity index (χ1) is 8.49. The van der Waals surface area contributed by atoms with Gasteiger partial charge in [-0.2, -0.15) is 4.68 Å². The lowest BCUT2D eigenvalue weighted by Crippen LogP contribution is -2.05. The van der Waals surface area contributed by atoms with Crippen LogP contribution >= 0.6 is 15.9 Å². The Morgan fingerprint density at radius 3 is 2.94 bits per heavy atom. The number of hydrogen-bond acceptors (Lipinski definition) is 5. The lowest BCUT2D eigenvalue weighted by molar-refractivity contribution is -0.390. The zero-order valence-corrected chi connectivity index (χ0v) is 10.3. The molecule has 0 radical (unpaired) electrons. The molecular weight excluding hydrogens is 310 g/mol. The highest BCUT2D eigenvalue weighted by Crippen LogP contribution is 2.23. The van der Waals surface area contributed by atoms with E-state index in [0.717, 1.165) is 0 Å². The van der Waals surface area contributed by atoms with Crippen molar-refractivity contribution in [3.05, 3.63) is 44.4 Å². The maximum absolute atomic E-state index is 10.8. The molecule has 0 aliphatic carbocycles. The number of carbonyl (C=O) groups is 1. The normalized spacial score (nSPS) is 10.5. The van der Waals surface area contributed by atoms with E-state index >= 15 is 0 Å². The molecule has 2 heterocycles. The Morgan fingerprint density at radius 2 is 2.39 bits per heavy atom. The largest absolute Gasteiger partial charge is 0.478 e. The molecule has 0 aliphatic heterocycles. The number of hydrogen-bond donors (Lipinski definition) is 1. The van der Waals surface area contributed by atoms with Gasteiger partial charge in [0.05, 0.1) is 17.6 Å². The summed E-state index contributed by atoms with van der Waals surface area (Å²) in [6.45, 7) is 0.00106. The third kappa shape index (κ3) is 2.25. The maximum atomic E-state index is 10.8. The van der Waals surface area contributed by atoms with E-state index in [9.17, 15) is 14.9 Å². The van der Waals surface area contributed by atoms with Gasteiger partial charge in [-0.05, 0) is 26.9 Å². The van der Waals surface area contributed by atoms with E-state index in [0.29, 0.717) is 0 Å². The standard InChI is InChI=1S/C9H6BrN3O5/c10-6-3-12(11-8(6)13(16)17)4-7-5(9(14)15)1-2-18-7/h1-3H,4H2,(H,14,15). The molecule has 0 unspecified atom stereocenters. The van der Waals surface area contributed by atoms with Crippen molar-refractivity contribution in [3.8, 4) is 0 Å². The summed E-state index contributed by atoms with van der Waals surface area (Å²) in [6.07, 6.45) is 2.62. The zero-order valence-electron chi connectivity index (χ0n) is 8.74. The molecule has 0 bridgehead atoms. The number of carboxylic acid groups (broad SMARTS) is 1. The number of carboxylic acids is 1. The number of aromatic carboxylic acids is 1. The highest BCUT2D eigenvalue weighted by Gasteiger charge is 2.21. The Kier molecular flexibility index (Phi) is 3.15. The number of rotatable bonds is 4. The van der Waals surface area contributed by atoms with Crippen molar-refractivity contribution in [1.29, 1.82) is 0 Å². The summed E-state index contributed by atoms with van der Waals surface area (Å²) < 4.78 is 6.46. The third-order valence-corrected chi connectivity index (χ3v) is 2.71. The molecule has 2 aromatic rings. The first-order valence-corrected chi connectivity index (χ1v) is 5.45. The second-order valence-electron chi connectivity index (χ2n) is 3.32. The lowest BCUT2D eigenvalue weighted by atomic mass is 10.2. The van der Waals surface area contributed by atoms with E-state index in [1.807, 2.05) is 0 Å². The van der Waals surface area contributed by atoms with Crippen LogP contribution in [0.5, 0.6) is 0 Å². The fraction of sp³-hybridized carbons (Fsp3) is 0.111. The first-order valence-electron chi connectivity index (χ1n) is 4.66. The molecule has 8 nitrogen and oxygen atoms in total. The second kappa shape index (κ2) is 4.61. The third-order valence-electron chi connectivity index (χ3n) is 2.15. The molecule has 0 aliphatic rings. The SMILES string of the molecule is O=C(O)c1ccoc1Cn1cc(Br)c([N+](=O)[O-])n1. The van der Waals surface area contributed by atoms with E-state index in [-0.39, 0.29) is 28.2 Å². The smallest absolute Gasteiger partial charge is 0.404 e. The van der Waals surface area contributed by atoms with Crippen molar-refractivity contribution in [2.45, 2.75) is 6.54 Å². The molecule has 0 amide bonds. The van der Waals surface area contributed by atoms with Crippen LogP contribution in [0.1, 0.15) is 16.1 Å². The summed E-state index contributed by atoms with van der Waals surface area (Å²) >= 11 is 3.00. The number of aromatic nitrogens is 2. The van der Waals surface area contributed by atoms with Crippen molar-refractivity contribution in [2.24, 2.45) is 0 Å². The molecule has 2 rings (SSSR count). The lowest BCUT2D eigenvalue weighted by Gasteiger charge is -1.95. The summed E-state index contributed by atoms with van der Waals surface area (Å²) in [7, 11) is 0. The zero-order chi connectivity index (χ0) is 13.3. The van der Waals surface area contributed by atoms with Crippen molar-refractivity contribution in [1.82, 2.24) is 9.78 Å². The highest BCUT2D eigenvalue weighted by atomic mass is 79.9. The molecule has 0 aromatic carbocycles. The van der Waals surface area contributed by atoms with Gasteiger partial charge in [-0.15, -0.1) is 0 Å². The van der Waals surface area contributed by atoms with Crippen LogP contribution in [0.15, 0.2) is 27.4 Å². The second-order valence-corrected chi connectivity index (χ2v) is 4.17. The van der Waals surface area contributed by atoms with Gasteiger partial charge in [-0.25, -0.2) is 4.79 Å². The molecule has 9 heteroatoms. The minimum Gasteiger partial charge on any atom is -0.478 e. The Bertz CT molecular complexity index is 618. The molecule has 0 saturated carbocycles. The molecule has 18 heavy (non-hydrogen) atoms. The first kappa shape index (κ1) is 12.3. The molecule has 94 valence electrons. The van der Waals surface area contributed by atoms with Gasteiger partial charge in [0.2, 0.25) is 0 Å². The van der Waals surface area contributed by atoms with Gasteiger partial charge in [-0.1, -0.05) is 0 Å². The Morgan fingerprint density at radius 1 is 1.67 bits per heavy atom. The Labute approximate surface area is 108 Å². The number of furan rings is 1. The van der Waals surface area contributed by atoms with Crippen molar-refractivity contribution < 1.29 is 19.2 Å². The van der Waals surface area contributed by atoms with Crippen LogP contribution in [0.2, 0.25) is 0 Å². The quantitative estimate of drug-likeness (QED) is 0.681. The van der Waals surface area contributed by atoms with Crippen LogP contribution in [0, 0.1) is 10.1 Å². The summed E-state index contributed by atoms with van der Waals surface area (Å²) in [5.41, 5.74) is 0.00396. The monoisotopic (exact) mass is 315 g/mol. The van der Waals surface area contributed by atoms with Crippen LogP contribution in [-0.4, -0.2) is 25.8 Å². The molecular formula is C9H6BrN3O5.